The minimum Gasteiger partial charge on any atom is -0.120 e. The number of hydrogen-bond donors (Lipinski definition) is 0. The molecule has 0 saturated carbocycles. The molecule has 0 spiro atoms. The van der Waals surface area contributed by atoms with Crippen LogP contribution in [0.2, 0.25) is 23.7 Å². The highest BCUT2D eigenvalue weighted by atomic mass is 28.3. The van der Waals surface area contributed by atoms with Crippen LogP contribution in [0.3, 0.4) is 0 Å². The summed E-state index contributed by atoms with van der Waals surface area (Å²) in [4.78, 5) is 0. The van der Waals surface area contributed by atoms with Crippen molar-refractivity contribution in [3.05, 3.63) is 0 Å². The van der Waals surface area contributed by atoms with Crippen molar-refractivity contribution in [2.24, 2.45) is 5.92 Å². The van der Waals surface area contributed by atoms with Crippen LogP contribution in [0.15, 0.2) is 0 Å². The topological polar surface area (TPSA) is 0 Å². The highest BCUT2D eigenvalue weighted by Crippen LogP contribution is 2.45. The lowest BCUT2D eigenvalue weighted by atomic mass is 10.1. The number of hydrogen-bond acceptors (Lipinski definition) is 0. The second-order valence-corrected chi connectivity index (χ2v) is 11.4. The minimum atomic E-state index is -1.33. The summed E-state index contributed by atoms with van der Waals surface area (Å²) in [5.74, 6) is 3.63. The van der Waals surface area contributed by atoms with Crippen LogP contribution < -0.4 is 0 Å². The zero-order valence-corrected chi connectivity index (χ0v) is 11.2. The van der Waals surface area contributed by atoms with E-state index in [9.17, 15) is 0 Å². The Morgan fingerprint density at radius 3 is 1.62 bits per heavy atom. The molecule has 0 aromatic heterocycles. The molecule has 76 valence electrons. The molecule has 0 saturated heterocycles. The van der Waals surface area contributed by atoms with Crippen LogP contribution in [0.25, 0.3) is 0 Å². The largest absolute Gasteiger partial charge is 0.120 e. The average molecular weight is 196 g/mol. The van der Waals surface area contributed by atoms with Gasteiger partial charge in [-0.05, 0) is 11.0 Å². The summed E-state index contributed by atoms with van der Waals surface area (Å²) < 4.78 is 0. The van der Waals surface area contributed by atoms with Gasteiger partial charge in [0, 0.05) is 5.54 Å². The molecule has 0 aromatic carbocycles. The van der Waals surface area contributed by atoms with E-state index in [0.29, 0.717) is 16.5 Å². The maximum Gasteiger partial charge on any atom is 0.0699 e. The van der Waals surface area contributed by atoms with Gasteiger partial charge in [0.15, 0.2) is 0 Å². The SMILES string of the molecule is C#CC(C(C)C)[Si](C)(C)C(C)(C)C. The monoisotopic (exact) mass is 196 g/mol. The van der Waals surface area contributed by atoms with E-state index in [1.807, 2.05) is 0 Å². The van der Waals surface area contributed by atoms with E-state index in [1.165, 1.54) is 0 Å². The summed E-state index contributed by atoms with van der Waals surface area (Å²) in [5, 5.41) is 0.397. The summed E-state index contributed by atoms with van der Waals surface area (Å²) in [6.07, 6.45) is 5.64. The Labute approximate surface area is 85.1 Å². The summed E-state index contributed by atoms with van der Waals surface area (Å²) in [6, 6.07) is 0. The van der Waals surface area contributed by atoms with Gasteiger partial charge in [-0.1, -0.05) is 47.7 Å². The zero-order chi connectivity index (χ0) is 10.9. The van der Waals surface area contributed by atoms with Gasteiger partial charge >= 0.3 is 0 Å². The third-order valence-corrected chi connectivity index (χ3v) is 9.81. The van der Waals surface area contributed by atoms with Gasteiger partial charge in [-0.3, -0.25) is 0 Å². The van der Waals surface area contributed by atoms with Gasteiger partial charge in [0.2, 0.25) is 0 Å². The molecule has 0 bridgehead atoms. The molecule has 0 amide bonds. The van der Waals surface area contributed by atoms with Gasteiger partial charge in [-0.15, -0.1) is 12.3 Å². The summed E-state index contributed by atoms with van der Waals surface area (Å²) >= 11 is 0. The van der Waals surface area contributed by atoms with E-state index < -0.39 is 8.07 Å². The van der Waals surface area contributed by atoms with Crippen molar-refractivity contribution >= 4 is 8.07 Å². The van der Waals surface area contributed by atoms with E-state index >= 15 is 0 Å². The molecule has 1 atom stereocenters. The molecular formula is C12H24Si. The second kappa shape index (κ2) is 3.88. The molecule has 0 heterocycles. The fraction of sp³-hybridized carbons (Fsp3) is 0.833. The van der Waals surface area contributed by atoms with Crippen molar-refractivity contribution in [3.8, 4) is 12.3 Å². The van der Waals surface area contributed by atoms with Crippen molar-refractivity contribution in [3.63, 3.8) is 0 Å². The quantitative estimate of drug-likeness (QED) is 0.460. The fourth-order valence-corrected chi connectivity index (χ4v) is 4.72. The van der Waals surface area contributed by atoms with Gasteiger partial charge in [0.1, 0.15) is 0 Å². The third kappa shape index (κ3) is 2.61. The first-order valence-electron chi connectivity index (χ1n) is 5.10. The van der Waals surface area contributed by atoms with Crippen molar-refractivity contribution in [2.75, 3.05) is 0 Å². The van der Waals surface area contributed by atoms with Crippen LogP contribution in [0.5, 0.6) is 0 Å². The van der Waals surface area contributed by atoms with Gasteiger partial charge in [0.25, 0.3) is 0 Å². The fourth-order valence-electron chi connectivity index (χ4n) is 1.70. The first-order valence-corrected chi connectivity index (χ1v) is 8.18. The minimum absolute atomic E-state index is 0.397. The van der Waals surface area contributed by atoms with Gasteiger partial charge in [-0.25, -0.2) is 0 Å². The molecule has 1 heteroatoms. The average Bonchev–Trinajstić information content (AvgIpc) is 1.83. The summed E-state index contributed by atoms with van der Waals surface area (Å²) in [5.41, 5.74) is 0.493. The molecule has 13 heavy (non-hydrogen) atoms. The first kappa shape index (κ1) is 12.8. The van der Waals surface area contributed by atoms with E-state index in [0.717, 1.165) is 0 Å². The molecule has 0 fully saturated rings. The van der Waals surface area contributed by atoms with Crippen molar-refractivity contribution in [1.29, 1.82) is 0 Å². The molecule has 0 aliphatic heterocycles. The van der Waals surface area contributed by atoms with Gasteiger partial charge < -0.3 is 0 Å². The second-order valence-electron chi connectivity index (χ2n) is 5.86. The standard InChI is InChI=1S/C12H24Si/c1-9-11(10(2)3)13(7,8)12(4,5)6/h1,10-11H,2-8H3. The Hall–Kier alpha value is -0.223. The number of terminal acetylenes is 1. The Balaban J connectivity index is 4.92. The van der Waals surface area contributed by atoms with E-state index in [2.05, 4.69) is 53.6 Å². The summed E-state index contributed by atoms with van der Waals surface area (Å²) in [6.45, 7) is 16.3. The van der Waals surface area contributed by atoms with Gasteiger partial charge in [0.05, 0.1) is 8.07 Å². The maximum atomic E-state index is 5.64. The summed E-state index contributed by atoms with van der Waals surface area (Å²) in [7, 11) is -1.33. The molecule has 0 nitrogen and oxygen atoms in total. The lowest BCUT2D eigenvalue weighted by Gasteiger charge is -2.42. The molecule has 0 rings (SSSR count). The lowest BCUT2D eigenvalue weighted by Crippen LogP contribution is -2.43. The van der Waals surface area contributed by atoms with Crippen LogP contribution in [-0.2, 0) is 0 Å². The molecule has 0 radical (unpaired) electrons. The molecule has 0 N–H and O–H groups in total. The molecular weight excluding hydrogens is 172 g/mol. The smallest absolute Gasteiger partial charge is 0.0699 e. The van der Waals surface area contributed by atoms with E-state index in [4.69, 9.17) is 6.42 Å². The molecule has 0 aromatic rings. The van der Waals surface area contributed by atoms with Crippen LogP contribution in [0, 0.1) is 18.3 Å². The van der Waals surface area contributed by atoms with Crippen LogP contribution in [0.4, 0.5) is 0 Å². The maximum absolute atomic E-state index is 5.64. The van der Waals surface area contributed by atoms with Crippen molar-refractivity contribution < 1.29 is 0 Å². The Kier molecular flexibility index (Phi) is 3.81. The predicted octanol–water partition coefficient (Wildman–Crippen LogP) is 4.15. The third-order valence-electron chi connectivity index (χ3n) is 3.56. The van der Waals surface area contributed by atoms with Gasteiger partial charge in [-0.2, -0.15) is 0 Å². The molecule has 0 aliphatic carbocycles. The Morgan fingerprint density at radius 1 is 1.15 bits per heavy atom. The highest BCUT2D eigenvalue weighted by molar-refractivity contribution is 6.82. The van der Waals surface area contributed by atoms with Crippen LogP contribution >= 0.6 is 0 Å². The number of rotatable bonds is 2. The first-order chi connectivity index (χ1) is 5.64. The highest BCUT2D eigenvalue weighted by Gasteiger charge is 2.42. The molecule has 1 unspecified atom stereocenters. The van der Waals surface area contributed by atoms with Crippen LogP contribution in [0.1, 0.15) is 34.6 Å². The Morgan fingerprint density at radius 2 is 1.54 bits per heavy atom. The zero-order valence-electron chi connectivity index (χ0n) is 10.2. The lowest BCUT2D eigenvalue weighted by molar-refractivity contribution is 0.612. The van der Waals surface area contributed by atoms with E-state index in [1.54, 1.807) is 0 Å². The predicted molar refractivity (Wildman–Crippen MR) is 64.6 cm³/mol. The Bertz CT molecular complexity index is 200. The van der Waals surface area contributed by atoms with Crippen molar-refractivity contribution in [2.45, 2.75) is 58.3 Å². The van der Waals surface area contributed by atoms with Crippen molar-refractivity contribution in [1.82, 2.24) is 0 Å². The van der Waals surface area contributed by atoms with Crippen LogP contribution in [-0.4, -0.2) is 8.07 Å². The molecule has 0 aliphatic rings. The normalized spacial score (nSPS) is 15.6. The van der Waals surface area contributed by atoms with E-state index in [-0.39, 0.29) is 0 Å².